The van der Waals surface area contributed by atoms with E-state index in [0.717, 1.165) is 33.8 Å². The number of carboxylic acid groups (broad SMARTS) is 1. The van der Waals surface area contributed by atoms with Crippen LogP contribution in [0.1, 0.15) is 89.2 Å². The standard InChI is InChI=1S/C51H56N4O14/c1-27(52-40(59)25-55-41(60)14-15-42(55)61)46(65)53-28(2)47(66)54-33-7-5-6-30(21-33)20-29-8-10-31(11-9-29)48-68-39-23-36-35-13-12-32-22-34(56)18-19-49(32,3)45(35)37(57)24-50(36,4)51(39,69-48)38(58)26-67-44(64)17-16-43(62)63/h5-11,14-15,18-19,21-22,27-28,35-37,39,45,48,57H,12-13,16-17,20,23-26H2,1-4H3,(H,52,59)(H,53,65)(H,54,66)(H,62,63)/t27-,28-,35-,36-,37-,39+,45+,48+,49-,50-,51+/m0/s1. The van der Waals surface area contributed by atoms with Crippen molar-refractivity contribution in [2.75, 3.05) is 18.5 Å². The van der Waals surface area contributed by atoms with E-state index in [9.17, 15) is 48.3 Å². The van der Waals surface area contributed by atoms with Gasteiger partial charge >= 0.3 is 11.9 Å². The van der Waals surface area contributed by atoms with Crippen molar-refractivity contribution in [2.45, 2.75) is 109 Å². The molecule has 69 heavy (non-hydrogen) atoms. The van der Waals surface area contributed by atoms with Crippen molar-refractivity contribution in [3.63, 3.8) is 0 Å². The van der Waals surface area contributed by atoms with Crippen molar-refractivity contribution < 1.29 is 67.6 Å². The molecule has 6 aliphatic rings. The number of rotatable bonds is 16. The zero-order valence-corrected chi connectivity index (χ0v) is 38.7. The first-order chi connectivity index (χ1) is 32.7. The van der Waals surface area contributed by atoms with Crippen molar-refractivity contribution in [3.8, 4) is 0 Å². The molecular weight excluding hydrogens is 893 g/mol. The molecule has 5 N–H and O–H groups in total. The molecule has 18 nitrogen and oxygen atoms in total. The number of esters is 1. The lowest BCUT2D eigenvalue weighted by Crippen LogP contribution is -2.63. The van der Waals surface area contributed by atoms with Crippen LogP contribution in [-0.2, 0) is 63.8 Å². The fourth-order valence-electron chi connectivity index (χ4n) is 11.8. The summed E-state index contributed by atoms with van der Waals surface area (Å²) in [5, 5.41) is 29.0. The molecule has 8 rings (SSSR count). The summed E-state index contributed by atoms with van der Waals surface area (Å²) >= 11 is 0. The van der Waals surface area contributed by atoms with E-state index in [1.807, 2.05) is 43.3 Å². The van der Waals surface area contributed by atoms with Gasteiger partial charge in [0.05, 0.1) is 25.0 Å². The molecule has 2 aromatic carbocycles. The van der Waals surface area contributed by atoms with Crippen LogP contribution in [0.5, 0.6) is 0 Å². The van der Waals surface area contributed by atoms with E-state index in [0.29, 0.717) is 36.9 Å². The van der Waals surface area contributed by atoms with Crippen molar-refractivity contribution >= 4 is 58.7 Å². The van der Waals surface area contributed by atoms with Gasteiger partial charge in [0.15, 0.2) is 24.3 Å². The number of carboxylic acids is 1. The Hall–Kier alpha value is -6.63. The van der Waals surface area contributed by atoms with Crippen LogP contribution in [-0.4, -0.2) is 111 Å². The number of fused-ring (bicyclic) bond motifs is 7. The Morgan fingerprint density at radius 2 is 1.61 bits per heavy atom. The van der Waals surface area contributed by atoms with Crippen LogP contribution in [0, 0.1) is 28.6 Å². The number of hydrogen-bond acceptors (Lipinski definition) is 13. The summed E-state index contributed by atoms with van der Waals surface area (Å²) in [5.74, 6) is -6.16. The number of carbonyl (C=O) groups excluding carboxylic acids is 8. The maximum absolute atomic E-state index is 14.7. The second-order valence-corrected chi connectivity index (χ2v) is 19.5. The minimum atomic E-state index is -1.62. The smallest absolute Gasteiger partial charge is 0.306 e. The van der Waals surface area contributed by atoms with E-state index < -0.39 is 120 Å². The fourth-order valence-corrected chi connectivity index (χ4v) is 11.8. The van der Waals surface area contributed by atoms with Crippen molar-refractivity contribution in [1.29, 1.82) is 0 Å². The molecule has 5 amide bonds. The molecule has 18 heteroatoms. The Labute approximate surface area is 397 Å². The van der Waals surface area contributed by atoms with E-state index in [2.05, 4.69) is 22.9 Å². The quantitative estimate of drug-likeness (QED) is 0.120. The first kappa shape index (κ1) is 48.8. The number of carbonyl (C=O) groups is 9. The molecule has 2 aromatic rings. The highest BCUT2D eigenvalue weighted by atomic mass is 16.7. The molecule has 0 unspecified atom stereocenters. The van der Waals surface area contributed by atoms with Crippen LogP contribution in [0.4, 0.5) is 5.69 Å². The highest BCUT2D eigenvalue weighted by Gasteiger charge is 2.76. The number of aliphatic carboxylic acids is 1. The third-order valence-corrected chi connectivity index (χ3v) is 15.1. The van der Waals surface area contributed by atoms with Gasteiger partial charge in [0.25, 0.3) is 11.8 Å². The molecule has 1 saturated heterocycles. The van der Waals surface area contributed by atoms with Crippen LogP contribution in [0.3, 0.4) is 0 Å². The Morgan fingerprint density at radius 3 is 2.32 bits per heavy atom. The van der Waals surface area contributed by atoms with E-state index >= 15 is 0 Å². The maximum Gasteiger partial charge on any atom is 0.306 e. The summed E-state index contributed by atoms with van der Waals surface area (Å²) in [6.45, 7) is 5.69. The Balaban J connectivity index is 0.921. The topological polar surface area (TPSA) is 261 Å². The molecule has 3 saturated carbocycles. The number of Topliss-reactive ketones (excluding diaryl/α,β-unsaturated/α-hetero) is 1. The van der Waals surface area contributed by atoms with Crippen molar-refractivity contribution in [2.24, 2.45) is 28.6 Å². The van der Waals surface area contributed by atoms with Gasteiger partial charge in [-0.05, 0) is 93.2 Å². The van der Waals surface area contributed by atoms with Gasteiger partial charge in [0, 0.05) is 40.2 Å². The molecule has 0 aromatic heterocycles. The molecular formula is C51H56N4O14. The number of anilines is 1. The Bertz CT molecular complexity index is 2570. The minimum Gasteiger partial charge on any atom is -0.481 e. The molecule has 11 atom stereocenters. The van der Waals surface area contributed by atoms with Crippen LogP contribution in [0.25, 0.3) is 0 Å². The lowest BCUT2D eigenvalue weighted by atomic mass is 9.46. The van der Waals surface area contributed by atoms with Crippen LogP contribution >= 0.6 is 0 Å². The normalized spacial score (nSPS) is 30.5. The first-order valence-corrected chi connectivity index (χ1v) is 23.2. The highest BCUT2D eigenvalue weighted by Crippen LogP contribution is 2.70. The zero-order chi connectivity index (χ0) is 49.6. The number of aliphatic hydroxyl groups excluding tert-OH is 1. The molecule has 0 bridgehead atoms. The third-order valence-electron chi connectivity index (χ3n) is 15.1. The first-order valence-electron chi connectivity index (χ1n) is 23.2. The van der Waals surface area contributed by atoms with Crippen LogP contribution in [0.2, 0.25) is 0 Å². The van der Waals surface area contributed by atoms with Crippen LogP contribution in [0.15, 0.2) is 84.5 Å². The van der Waals surface area contributed by atoms with E-state index in [4.69, 9.17) is 19.3 Å². The van der Waals surface area contributed by atoms with Gasteiger partial charge in [0.1, 0.15) is 18.6 Å². The lowest BCUT2D eigenvalue weighted by molar-refractivity contribution is -0.202. The summed E-state index contributed by atoms with van der Waals surface area (Å²) in [4.78, 5) is 113. The molecule has 2 heterocycles. The molecule has 0 radical (unpaired) electrons. The van der Waals surface area contributed by atoms with Crippen molar-refractivity contribution in [3.05, 3.63) is 101 Å². The van der Waals surface area contributed by atoms with E-state index in [-0.39, 0.29) is 30.0 Å². The maximum atomic E-state index is 14.7. The molecule has 2 aliphatic heterocycles. The summed E-state index contributed by atoms with van der Waals surface area (Å²) < 4.78 is 18.9. The van der Waals surface area contributed by atoms with Crippen molar-refractivity contribution in [1.82, 2.24) is 15.5 Å². The monoisotopic (exact) mass is 948 g/mol. The second-order valence-electron chi connectivity index (χ2n) is 19.5. The number of ether oxygens (including phenoxy) is 3. The number of amides is 5. The summed E-state index contributed by atoms with van der Waals surface area (Å²) in [7, 11) is 0. The number of benzene rings is 2. The number of aliphatic hydroxyl groups is 1. The zero-order valence-electron chi connectivity index (χ0n) is 38.7. The molecule has 0 spiro atoms. The van der Waals surface area contributed by atoms with E-state index in [1.165, 1.54) is 13.8 Å². The van der Waals surface area contributed by atoms with Gasteiger partial charge in [-0.15, -0.1) is 0 Å². The molecule has 4 fully saturated rings. The van der Waals surface area contributed by atoms with Gasteiger partial charge in [-0.2, -0.15) is 0 Å². The SMILES string of the molecule is C[C@H](NC(=O)CN1C(=O)C=CC1=O)C(=O)N[C@@H](C)C(=O)Nc1cccc(Cc2ccc([C@@H]3O[C@@H]4C[C@H]5[C@@H]6CCC7=CC(=O)C=C[C@]7(C)[C@H]6[C@@H](O)C[C@]5(C)[C@]4(C(=O)COC(=O)CCC(=O)O)O3)cc2)c1. The van der Waals surface area contributed by atoms with E-state index in [1.54, 1.807) is 30.4 Å². The summed E-state index contributed by atoms with van der Waals surface area (Å²) in [6, 6.07) is 12.6. The number of imide groups is 1. The minimum absolute atomic E-state index is 0.0449. The number of allylic oxidation sites excluding steroid dienone is 4. The largest absolute Gasteiger partial charge is 0.481 e. The lowest BCUT2D eigenvalue weighted by Gasteiger charge is -2.59. The Morgan fingerprint density at radius 1 is 0.899 bits per heavy atom. The van der Waals surface area contributed by atoms with Gasteiger partial charge in [-0.25, -0.2) is 0 Å². The average Bonchev–Trinajstić information content (AvgIpc) is 3.93. The predicted octanol–water partition coefficient (Wildman–Crippen LogP) is 3.17. The number of ketones is 2. The fraction of sp³-hybridized carbons (Fsp3) is 0.471. The summed E-state index contributed by atoms with van der Waals surface area (Å²) in [6.07, 6.45) is 6.22. The number of hydrogen-bond donors (Lipinski definition) is 5. The average molecular weight is 949 g/mol. The van der Waals surface area contributed by atoms with Crippen LogP contribution < -0.4 is 16.0 Å². The summed E-state index contributed by atoms with van der Waals surface area (Å²) in [5.41, 5.74) is 0.727. The van der Waals surface area contributed by atoms with Gasteiger partial charge in [0.2, 0.25) is 23.5 Å². The molecule has 364 valence electrons. The predicted molar refractivity (Wildman–Crippen MR) is 243 cm³/mol. The number of nitrogens with one attached hydrogen (secondary N) is 3. The van der Waals surface area contributed by atoms with Gasteiger partial charge in [-0.3, -0.25) is 48.1 Å². The second kappa shape index (κ2) is 19.0. The highest BCUT2D eigenvalue weighted by molar-refractivity contribution is 6.14. The number of nitrogens with zero attached hydrogens (tertiary/aromatic N) is 1. The molecule has 4 aliphatic carbocycles. The van der Waals surface area contributed by atoms with Gasteiger partial charge < -0.3 is 40.4 Å². The Kier molecular flexibility index (Phi) is 13.5. The van der Waals surface area contributed by atoms with Gasteiger partial charge in [-0.1, -0.05) is 61.9 Å². The third kappa shape index (κ3) is 9.32.